The third-order valence-electron chi connectivity index (χ3n) is 8.80. The molecule has 0 radical (unpaired) electrons. The Labute approximate surface area is 273 Å². The highest BCUT2D eigenvalue weighted by Gasteiger charge is 2.85. The average molecular weight is 759 g/mol. The predicted molar refractivity (Wildman–Crippen MR) is 180 cm³/mol. The molecule has 12 nitrogen and oxygen atoms in total. The van der Waals surface area contributed by atoms with Crippen LogP contribution >= 0.6 is 0 Å². The lowest BCUT2D eigenvalue weighted by molar-refractivity contribution is -0.0415. The minimum atomic E-state index is -3.87. The summed E-state index contributed by atoms with van der Waals surface area (Å²) < 4.78 is 89.2. The van der Waals surface area contributed by atoms with Crippen molar-refractivity contribution in [3.8, 4) is 0 Å². The molecule has 20 heteroatoms. The maximum atomic E-state index is 7.46. The average Bonchev–Trinajstić information content (AvgIpc) is 2.81. The first-order chi connectivity index (χ1) is 20.1. The molecule has 6 saturated heterocycles. The smallest absolute Gasteiger partial charge is 0.373 e. The van der Waals surface area contributed by atoms with Crippen LogP contribution in [0.5, 0.6) is 0 Å². The molecule has 254 valence electrons. The monoisotopic (exact) mass is 758 g/mol. The second-order valence-corrected chi connectivity index (χ2v) is 42.8. The summed E-state index contributed by atoms with van der Waals surface area (Å²) in [5.41, 5.74) is -1.65. The van der Waals surface area contributed by atoms with Crippen molar-refractivity contribution in [2.45, 2.75) is 142 Å². The zero-order chi connectivity index (χ0) is 32.9. The van der Waals surface area contributed by atoms with E-state index in [0.29, 0.717) is 0 Å². The Balaban J connectivity index is 1.99. The molecule has 6 aliphatic heterocycles. The lowest BCUT2D eigenvalue weighted by Gasteiger charge is -2.66. The molecule has 0 saturated carbocycles. The first-order valence-corrected chi connectivity index (χ1v) is 30.7. The van der Waals surface area contributed by atoms with Crippen LogP contribution in [-0.4, -0.2) is 70.4 Å². The van der Waals surface area contributed by atoms with E-state index in [9.17, 15) is 0 Å². The summed E-state index contributed by atoms with van der Waals surface area (Å²) in [7, 11) is -30.8. The Morgan fingerprint density at radius 2 is 0.500 bits per heavy atom. The summed E-state index contributed by atoms with van der Waals surface area (Å²) in [4.78, 5) is 0. The van der Waals surface area contributed by atoms with Gasteiger partial charge < -0.3 is 49.4 Å². The maximum absolute atomic E-state index is 7.46. The molecular weight excluding hydrogens is 705 g/mol. The molecule has 0 aromatic rings. The van der Waals surface area contributed by atoms with Gasteiger partial charge in [0.2, 0.25) is 0 Å². The molecule has 0 N–H and O–H groups in total. The molecule has 8 bridgehead atoms. The van der Waals surface area contributed by atoms with Gasteiger partial charge in [-0.1, -0.05) is 103 Å². The van der Waals surface area contributed by atoms with Crippen LogP contribution in [0.2, 0.25) is 44.8 Å². The number of rotatable bonds is 9. The van der Waals surface area contributed by atoms with Crippen LogP contribution in [0.1, 0.15) is 96.9 Å². The first kappa shape index (κ1) is 36.3. The van der Waals surface area contributed by atoms with E-state index in [1.807, 2.05) is 96.9 Å². The van der Waals surface area contributed by atoms with Crippen molar-refractivity contribution in [1.29, 1.82) is 0 Å². The molecule has 0 aromatic carbocycles. The highest BCUT2D eigenvalue weighted by molar-refractivity contribution is 7.04. The first-order valence-electron chi connectivity index (χ1n) is 16.2. The van der Waals surface area contributed by atoms with Crippen LogP contribution in [-0.2, 0) is 49.4 Å². The van der Waals surface area contributed by atoms with E-state index in [4.69, 9.17) is 49.4 Å². The lowest BCUT2D eigenvalue weighted by atomic mass is 10.6. The molecule has 6 aliphatic rings. The van der Waals surface area contributed by atoms with E-state index in [1.54, 1.807) is 6.08 Å². The second-order valence-electron chi connectivity index (χ2n) is 14.7. The SMILES string of the molecule is C=CC[Si]12O[Si]3(C(C)C)O[Si]4(C(C)C)O[Si](C(C)C)(O1)O[Si]1(C(C)C)O[Si](C(C)C)(O2)O[Si](C(C)C)(O3)O[Si](C(C)C)(O4)O1. The van der Waals surface area contributed by atoms with Gasteiger partial charge >= 0.3 is 70.4 Å². The lowest BCUT2D eigenvalue weighted by Crippen LogP contribution is -2.90. The molecular formula is C24H54O12Si8. The molecule has 0 aromatic heterocycles. The molecule has 6 rings (SSSR count). The van der Waals surface area contributed by atoms with Crippen LogP contribution in [0.15, 0.2) is 12.7 Å². The van der Waals surface area contributed by atoms with Crippen LogP contribution in [0.3, 0.4) is 0 Å². The van der Waals surface area contributed by atoms with Gasteiger partial charge in [0, 0.05) is 44.8 Å². The highest BCUT2D eigenvalue weighted by Crippen LogP contribution is 2.59. The quantitative estimate of drug-likeness (QED) is 0.182. The van der Waals surface area contributed by atoms with E-state index >= 15 is 0 Å². The molecule has 0 amide bonds. The Morgan fingerprint density at radius 1 is 0.341 bits per heavy atom. The fourth-order valence-electron chi connectivity index (χ4n) is 5.71. The Bertz CT molecular complexity index is 983. The number of hydrogen-bond donors (Lipinski definition) is 0. The van der Waals surface area contributed by atoms with Gasteiger partial charge in [-0.15, -0.1) is 6.58 Å². The van der Waals surface area contributed by atoms with Gasteiger partial charge in [-0.25, -0.2) is 0 Å². The fourth-order valence-corrected chi connectivity index (χ4v) is 59.3. The second kappa shape index (κ2) is 11.5. The van der Waals surface area contributed by atoms with Crippen LogP contribution < -0.4 is 0 Å². The molecule has 6 fully saturated rings. The minimum Gasteiger partial charge on any atom is -0.373 e. The van der Waals surface area contributed by atoms with Crippen molar-refractivity contribution in [2.24, 2.45) is 0 Å². The zero-order valence-electron chi connectivity index (χ0n) is 28.9. The van der Waals surface area contributed by atoms with Crippen molar-refractivity contribution < 1.29 is 49.4 Å². The van der Waals surface area contributed by atoms with Gasteiger partial charge in [0.25, 0.3) is 0 Å². The van der Waals surface area contributed by atoms with Gasteiger partial charge in [0.05, 0.1) is 0 Å². The molecule has 44 heavy (non-hydrogen) atoms. The van der Waals surface area contributed by atoms with Crippen LogP contribution in [0.25, 0.3) is 0 Å². The standard InChI is InChI=1S/C24H54O12Si8/c1-16-17-37-25-38(18(2)3)28-41(21(8)9)30-39(26-37,19(4)5)32-43(23(12)13)33-40(27-37,20(6)7)31-42(29-38,22(10)11)35-44(34-41,36-43)24(14)15/h16,18-24H,1,17H2,2-15H3. The van der Waals surface area contributed by atoms with E-state index < -0.39 is 70.4 Å². The summed E-state index contributed by atoms with van der Waals surface area (Å²) in [5, 5.41) is 0. The summed E-state index contributed by atoms with van der Waals surface area (Å²) >= 11 is 0. The van der Waals surface area contributed by atoms with Gasteiger partial charge in [0.15, 0.2) is 0 Å². The Hall–Kier alpha value is 0.995. The van der Waals surface area contributed by atoms with E-state index in [1.165, 1.54) is 0 Å². The van der Waals surface area contributed by atoms with Gasteiger partial charge in [-0.3, -0.25) is 0 Å². The zero-order valence-corrected chi connectivity index (χ0v) is 36.9. The number of allylic oxidation sites excluding steroid dienone is 1. The topological polar surface area (TPSA) is 111 Å². The third kappa shape index (κ3) is 5.35. The molecule has 0 spiro atoms. The number of hydrogen-bond acceptors (Lipinski definition) is 12. The summed E-state index contributed by atoms with van der Waals surface area (Å²) in [6.45, 7) is 32.7. The highest BCUT2D eigenvalue weighted by atomic mass is 28.6. The summed E-state index contributed by atoms with van der Waals surface area (Å²) in [6.07, 6.45) is 1.76. The van der Waals surface area contributed by atoms with Crippen LogP contribution in [0, 0.1) is 0 Å². The van der Waals surface area contributed by atoms with Gasteiger partial charge in [-0.05, 0) is 0 Å². The molecule has 0 atom stereocenters. The predicted octanol–water partition coefficient (Wildman–Crippen LogP) is 6.82. The summed E-state index contributed by atoms with van der Waals surface area (Å²) in [5.74, 6) is 0. The Kier molecular flexibility index (Phi) is 9.50. The van der Waals surface area contributed by atoms with Crippen molar-refractivity contribution in [3.63, 3.8) is 0 Å². The van der Waals surface area contributed by atoms with E-state index in [0.717, 1.165) is 0 Å². The van der Waals surface area contributed by atoms with Crippen molar-refractivity contribution >= 4 is 70.4 Å². The summed E-state index contributed by atoms with van der Waals surface area (Å²) in [6, 6.07) is 0.263. The van der Waals surface area contributed by atoms with Gasteiger partial charge in [0.1, 0.15) is 0 Å². The normalized spacial score (nSPS) is 47.2. The van der Waals surface area contributed by atoms with Crippen molar-refractivity contribution in [2.75, 3.05) is 0 Å². The van der Waals surface area contributed by atoms with Gasteiger partial charge in [-0.2, -0.15) is 0 Å². The maximum Gasteiger partial charge on any atom is 0.482 e. The molecule has 6 heterocycles. The Morgan fingerprint density at radius 3 is 0.636 bits per heavy atom. The third-order valence-corrected chi connectivity index (χ3v) is 47.1. The fraction of sp³-hybridized carbons (Fsp3) is 0.917. The van der Waals surface area contributed by atoms with E-state index in [2.05, 4.69) is 6.58 Å². The largest absolute Gasteiger partial charge is 0.482 e. The van der Waals surface area contributed by atoms with Crippen molar-refractivity contribution in [1.82, 2.24) is 0 Å². The molecule has 0 unspecified atom stereocenters. The van der Waals surface area contributed by atoms with Crippen LogP contribution in [0.4, 0.5) is 0 Å². The molecule has 0 aliphatic carbocycles. The van der Waals surface area contributed by atoms with Crippen molar-refractivity contribution in [3.05, 3.63) is 12.7 Å². The van der Waals surface area contributed by atoms with E-state index in [-0.39, 0.29) is 44.8 Å². The minimum absolute atomic E-state index is 0.228.